The van der Waals surface area contributed by atoms with Crippen molar-refractivity contribution in [1.82, 2.24) is 4.98 Å². The molecule has 4 rings (SSSR count). The third kappa shape index (κ3) is 4.23. The fourth-order valence-corrected chi connectivity index (χ4v) is 4.31. The fraction of sp³-hybridized carbons (Fsp3) is 0.333. The largest absolute Gasteiger partial charge is 0.494 e. The van der Waals surface area contributed by atoms with E-state index >= 15 is 0 Å². The van der Waals surface area contributed by atoms with E-state index in [1.165, 1.54) is 16.2 Å². The van der Waals surface area contributed by atoms with Crippen molar-refractivity contribution in [3.05, 3.63) is 53.6 Å². The second-order valence-electron chi connectivity index (χ2n) is 6.73. The Bertz CT molecular complexity index is 1030. The van der Waals surface area contributed by atoms with Gasteiger partial charge in [-0.3, -0.25) is 9.69 Å². The van der Waals surface area contributed by atoms with Gasteiger partial charge < -0.3 is 9.47 Å². The Morgan fingerprint density at radius 3 is 2.90 bits per heavy atom. The van der Waals surface area contributed by atoms with Crippen LogP contribution in [0.2, 0.25) is 0 Å². The molecule has 1 aliphatic rings. The van der Waals surface area contributed by atoms with E-state index in [2.05, 4.69) is 4.98 Å². The van der Waals surface area contributed by atoms with Crippen LogP contribution in [0.15, 0.2) is 36.4 Å². The van der Waals surface area contributed by atoms with Gasteiger partial charge in [-0.1, -0.05) is 11.3 Å². The van der Waals surface area contributed by atoms with Gasteiger partial charge in [-0.2, -0.15) is 0 Å². The predicted octanol–water partition coefficient (Wildman–Crippen LogP) is 4.80. The molecule has 0 N–H and O–H groups in total. The first-order valence-corrected chi connectivity index (χ1v) is 10.3. The van der Waals surface area contributed by atoms with Crippen LogP contribution in [0.5, 0.6) is 5.75 Å². The molecule has 0 bridgehead atoms. The third-order valence-corrected chi connectivity index (χ3v) is 5.75. The van der Waals surface area contributed by atoms with E-state index in [0.717, 1.165) is 40.9 Å². The minimum absolute atomic E-state index is 0.145. The number of rotatable bonds is 6. The Labute approximate surface area is 170 Å². The number of amides is 1. The van der Waals surface area contributed by atoms with Gasteiger partial charge in [-0.05, 0) is 50.1 Å². The highest BCUT2D eigenvalue weighted by atomic mass is 32.1. The molecule has 3 aromatic rings. The first kappa shape index (κ1) is 19.7. The minimum atomic E-state index is -0.896. The lowest BCUT2D eigenvalue weighted by molar-refractivity contribution is 0.0914. The van der Waals surface area contributed by atoms with Gasteiger partial charge in [0.25, 0.3) is 5.91 Å². The molecule has 2 aromatic carbocycles. The van der Waals surface area contributed by atoms with Gasteiger partial charge in [0.2, 0.25) is 0 Å². The zero-order valence-electron chi connectivity index (χ0n) is 15.9. The molecule has 1 unspecified atom stereocenters. The van der Waals surface area contributed by atoms with Crippen LogP contribution in [0.25, 0.3) is 10.2 Å². The van der Waals surface area contributed by atoms with E-state index in [-0.39, 0.29) is 18.2 Å². The number of aromatic nitrogens is 1. The lowest BCUT2D eigenvalue weighted by atomic mass is 10.1. The van der Waals surface area contributed by atoms with Crippen LogP contribution in [-0.4, -0.2) is 36.8 Å². The number of hydrogen-bond donors (Lipinski definition) is 0. The monoisotopic (exact) mass is 418 g/mol. The van der Waals surface area contributed by atoms with Gasteiger partial charge in [-0.25, -0.2) is 13.8 Å². The number of nitrogens with zero attached hydrogens (tertiary/aromatic N) is 2. The highest BCUT2D eigenvalue weighted by Gasteiger charge is 2.28. The van der Waals surface area contributed by atoms with Crippen molar-refractivity contribution in [3.8, 4) is 5.75 Å². The van der Waals surface area contributed by atoms with Crippen LogP contribution in [0, 0.1) is 11.6 Å². The molecule has 1 saturated heterocycles. The number of carbonyl (C=O) groups excluding carboxylic acids is 1. The standard InChI is InChI=1S/C21H20F2N2O3S/c1-2-27-14-6-8-18-19(11-14)29-21(24-18)25(12-15-4-3-9-28-15)20(26)16-7-5-13(22)10-17(16)23/h5-8,10-11,15H,2-4,9,12H2,1H3. The topological polar surface area (TPSA) is 51.7 Å². The molecule has 29 heavy (non-hydrogen) atoms. The molecule has 0 saturated carbocycles. The summed E-state index contributed by atoms with van der Waals surface area (Å²) >= 11 is 1.32. The molecule has 1 aromatic heterocycles. The van der Waals surface area contributed by atoms with Crippen molar-refractivity contribution in [1.29, 1.82) is 0 Å². The Kier molecular flexibility index (Phi) is 5.73. The summed E-state index contributed by atoms with van der Waals surface area (Å²) in [6.07, 6.45) is 1.58. The Balaban J connectivity index is 1.71. The van der Waals surface area contributed by atoms with Crippen LogP contribution >= 0.6 is 11.3 Å². The third-order valence-electron chi connectivity index (χ3n) is 4.71. The van der Waals surface area contributed by atoms with Gasteiger partial charge >= 0.3 is 0 Å². The Hall–Kier alpha value is -2.58. The maximum absolute atomic E-state index is 14.3. The Morgan fingerprint density at radius 1 is 1.31 bits per heavy atom. The van der Waals surface area contributed by atoms with E-state index in [4.69, 9.17) is 9.47 Å². The summed E-state index contributed by atoms with van der Waals surface area (Å²) in [6, 6.07) is 8.47. The molecule has 8 heteroatoms. The van der Waals surface area contributed by atoms with Crippen molar-refractivity contribution < 1.29 is 23.0 Å². The number of fused-ring (bicyclic) bond motifs is 1. The molecular formula is C21H20F2N2O3S. The maximum Gasteiger partial charge on any atom is 0.263 e. The SMILES string of the molecule is CCOc1ccc2nc(N(CC3CCCO3)C(=O)c3ccc(F)cc3F)sc2c1. The summed E-state index contributed by atoms with van der Waals surface area (Å²) in [5, 5.41) is 0.442. The molecule has 0 aliphatic carbocycles. The van der Waals surface area contributed by atoms with Crippen molar-refractivity contribution in [2.45, 2.75) is 25.9 Å². The number of thiazole rings is 1. The van der Waals surface area contributed by atoms with E-state index in [1.54, 1.807) is 0 Å². The molecule has 152 valence electrons. The summed E-state index contributed by atoms with van der Waals surface area (Å²) in [7, 11) is 0. The van der Waals surface area contributed by atoms with E-state index in [9.17, 15) is 13.6 Å². The smallest absolute Gasteiger partial charge is 0.263 e. The lowest BCUT2D eigenvalue weighted by Gasteiger charge is -2.23. The van der Waals surface area contributed by atoms with E-state index in [1.807, 2.05) is 25.1 Å². The number of benzene rings is 2. The first-order chi connectivity index (χ1) is 14.0. The average Bonchev–Trinajstić information content (AvgIpc) is 3.35. The summed E-state index contributed by atoms with van der Waals surface area (Å²) < 4.78 is 39.6. The second-order valence-corrected chi connectivity index (χ2v) is 7.74. The maximum atomic E-state index is 14.3. The molecule has 2 heterocycles. The number of carbonyl (C=O) groups is 1. The van der Waals surface area contributed by atoms with Gasteiger partial charge in [0, 0.05) is 12.7 Å². The summed E-state index contributed by atoms with van der Waals surface area (Å²) in [6.45, 7) is 3.34. The molecule has 5 nitrogen and oxygen atoms in total. The number of hydrogen-bond acceptors (Lipinski definition) is 5. The zero-order chi connectivity index (χ0) is 20.4. The van der Waals surface area contributed by atoms with Gasteiger partial charge in [0.15, 0.2) is 5.13 Å². The van der Waals surface area contributed by atoms with E-state index in [0.29, 0.717) is 24.4 Å². The fourth-order valence-electron chi connectivity index (χ4n) is 3.31. The quantitative estimate of drug-likeness (QED) is 0.577. The summed E-state index contributed by atoms with van der Waals surface area (Å²) in [5.41, 5.74) is 0.525. The van der Waals surface area contributed by atoms with Crippen LogP contribution in [-0.2, 0) is 4.74 Å². The van der Waals surface area contributed by atoms with Crippen LogP contribution in [0.3, 0.4) is 0 Å². The number of halogens is 2. The summed E-state index contributed by atoms with van der Waals surface area (Å²) in [5.74, 6) is -1.47. The first-order valence-electron chi connectivity index (χ1n) is 9.47. The molecule has 1 amide bonds. The van der Waals surface area contributed by atoms with Crippen LogP contribution in [0.1, 0.15) is 30.1 Å². The minimum Gasteiger partial charge on any atom is -0.494 e. The van der Waals surface area contributed by atoms with Crippen LogP contribution in [0.4, 0.5) is 13.9 Å². The normalized spacial score (nSPS) is 16.3. The van der Waals surface area contributed by atoms with Crippen LogP contribution < -0.4 is 9.64 Å². The van der Waals surface area contributed by atoms with Crippen molar-refractivity contribution in [2.24, 2.45) is 0 Å². The molecule has 1 aliphatic heterocycles. The highest BCUT2D eigenvalue weighted by Crippen LogP contribution is 2.33. The number of ether oxygens (including phenoxy) is 2. The predicted molar refractivity (Wildman–Crippen MR) is 108 cm³/mol. The Morgan fingerprint density at radius 2 is 2.17 bits per heavy atom. The highest BCUT2D eigenvalue weighted by molar-refractivity contribution is 7.22. The second kappa shape index (κ2) is 8.42. The summed E-state index contributed by atoms with van der Waals surface area (Å²) in [4.78, 5) is 19.2. The zero-order valence-corrected chi connectivity index (χ0v) is 16.7. The molecular weight excluding hydrogens is 398 g/mol. The molecule has 1 fully saturated rings. The molecule has 1 atom stereocenters. The van der Waals surface area contributed by atoms with Crippen molar-refractivity contribution >= 4 is 32.6 Å². The van der Waals surface area contributed by atoms with Gasteiger partial charge in [0.05, 0.1) is 35.0 Å². The molecule has 0 radical (unpaired) electrons. The molecule has 0 spiro atoms. The van der Waals surface area contributed by atoms with E-state index < -0.39 is 17.5 Å². The van der Waals surface area contributed by atoms with Gasteiger partial charge in [-0.15, -0.1) is 0 Å². The van der Waals surface area contributed by atoms with Crippen molar-refractivity contribution in [2.75, 3.05) is 24.7 Å². The van der Waals surface area contributed by atoms with Crippen molar-refractivity contribution in [3.63, 3.8) is 0 Å². The van der Waals surface area contributed by atoms with Gasteiger partial charge in [0.1, 0.15) is 17.4 Å². The average molecular weight is 418 g/mol. The lowest BCUT2D eigenvalue weighted by Crippen LogP contribution is -2.38. The number of anilines is 1.